The zero-order chi connectivity index (χ0) is 13.4. The van der Waals surface area contributed by atoms with E-state index >= 15 is 0 Å². The van der Waals surface area contributed by atoms with E-state index in [2.05, 4.69) is 31.1 Å². The van der Waals surface area contributed by atoms with Crippen LogP contribution in [0.3, 0.4) is 0 Å². The lowest BCUT2D eigenvalue weighted by Crippen LogP contribution is -2.35. The maximum atomic E-state index is 5.45. The van der Waals surface area contributed by atoms with Crippen molar-refractivity contribution in [2.24, 2.45) is 0 Å². The molecule has 0 amide bonds. The molecule has 1 aromatic rings. The average molecular weight is 252 g/mol. The minimum absolute atomic E-state index is 0.104. The summed E-state index contributed by atoms with van der Waals surface area (Å²) in [4.78, 5) is 4.55. The van der Waals surface area contributed by atoms with Crippen molar-refractivity contribution in [3.8, 4) is 0 Å². The van der Waals surface area contributed by atoms with E-state index < -0.39 is 0 Å². The highest BCUT2D eigenvalue weighted by Gasteiger charge is 2.08. The predicted molar refractivity (Wildman–Crippen MR) is 72.4 cm³/mol. The van der Waals surface area contributed by atoms with E-state index in [-0.39, 0.29) is 5.54 Å². The van der Waals surface area contributed by atoms with Crippen molar-refractivity contribution >= 4 is 0 Å². The fourth-order valence-corrected chi connectivity index (χ4v) is 1.38. The van der Waals surface area contributed by atoms with Crippen LogP contribution < -0.4 is 5.32 Å². The van der Waals surface area contributed by atoms with Crippen LogP contribution in [0.4, 0.5) is 0 Å². The highest BCUT2D eigenvalue weighted by atomic mass is 16.5. The van der Waals surface area contributed by atoms with Crippen LogP contribution in [0, 0.1) is 0 Å². The van der Waals surface area contributed by atoms with Crippen molar-refractivity contribution < 1.29 is 9.47 Å². The first-order valence-corrected chi connectivity index (χ1v) is 6.28. The van der Waals surface area contributed by atoms with E-state index in [4.69, 9.17) is 9.47 Å². The average Bonchev–Trinajstić information content (AvgIpc) is 2.32. The Labute approximate surface area is 110 Å². The third-order valence-corrected chi connectivity index (χ3v) is 2.35. The highest BCUT2D eigenvalue weighted by Crippen LogP contribution is 2.04. The first kappa shape index (κ1) is 15.1. The Morgan fingerprint density at radius 2 is 1.89 bits per heavy atom. The summed E-state index contributed by atoms with van der Waals surface area (Å²) in [6.07, 6.45) is 0. The number of methoxy groups -OCH3 is 1. The van der Waals surface area contributed by atoms with Crippen LogP contribution in [0.25, 0.3) is 0 Å². The van der Waals surface area contributed by atoms with Gasteiger partial charge in [0.1, 0.15) is 0 Å². The molecule has 1 N–H and O–H groups in total. The molecular weight excluding hydrogens is 228 g/mol. The number of hydrogen-bond acceptors (Lipinski definition) is 4. The van der Waals surface area contributed by atoms with Crippen LogP contribution in [0.15, 0.2) is 18.2 Å². The summed E-state index contributed by atoms with van der Waals surface area (Å²) >= 11 is 0. The van der Waals surface area contributed by atoms with Gasteiger partial charge in [0.15, 0.2) is 0 Å². The summed E-state index contributed by atoms with van der Waals surface area (Å²) in [5, 5.41) is 3.42. The molecule has 0 radical (unpaired) electrons. The molecule has 0 saturated carbocycles. The SMILES string of the molecule is COCCOCc1cccc(CNC(C)(C)C)n1. The fraction of sp³-hybridized carbons (Fsp3) is 0.643. The first-order valence-electron chi connectivity index (χ1n) is 6.28. The second-order valence-electron chi connectivity index (χ2n) is 5.27. The summed E-state index contributed by atoms with van der Waals surface area (Å²) in [5.74, 6) is 0. The molecule has 0 bridgehead atoms. The Kier molecular flexibility index (Phi) is 6.25. The van der Waals surface area contributed by atoms with Crippen molar-refractivity contribution in [1.82, 2.24) is 10.3 Å². The van der Waals surface area contributed by atoms with Crippen LogP contribution in [0.5, 0.6) is 0 Å². The van der Waals surface area contributed by atoms with Gasteiger partial charge in [-0.2, -0.15) is 0 Å². The third kappa shape index (κ3) is 6.69. The lowest BCUT2D eigenvalue weighted by atomic mass is 10.1. The summed E-state index contributed by atoms with van der Waals surface area (Å²) in [5.41, 5.74) is 2.10. The molecule has 1 aromatic heterocycles. The molecule has 0 spiro atoms. The molecule has 4 heteroatoms. The van der Waals surface area contributed by atoms with E-state index in [1.807, 2.05) is 18.2 Å². The van der Waals surface area contributed by atoms with Crippen LogP contribution in [0.2, 0.25) is 0 Å². The molecule has 0 aliphatic carbocycles. The van der Waals surface area contributed by atoms with Gasteiger partial charge in [0.2, 0.25) is 0 Å². The van der Waals surface area contributed by atoms with Gasteiger partial charge in [0.25, 0.3) is 0 Å². The second kappa shape index (κ2) is 7.46. The molecule has 0 saturated heterocycles. The van der Waals surface area contributed by atoms with Crippen molar-refractivity contribution in [1.29, 1.82) is 0 Å². The maximum Gasteiger partial charge on any atom is 0.0889 e. The Morgan fingerprint density at radius 1 is 1.17 bits per heavy atom. The summed E-state index contributed by atoms with van der Waals surface area (Å²) in [6, 6.07) is 6.02. The van der Waals surface area contributed by atoms with Crippen molar-refractivity contribution in [2.75, 3.05) is 20.3 Å². The van der Waals surface area contributed by atoms with Crippen LogP contribution in [-0.2, 0) is 22.6 Å². The molecule has 18 heavy (non-hydrogen) atoms. The summed E-state index contributed by atoms with van der Waals surface area (Å²) in [7, 11) is 1.67. The molecule has 0 unspecified atom stereocenters. The number of hydrogen-bond donors (Lipinski definition) is 1. The smallest absolute Gasteiger partial charge is 0.0889 e. The zero-order valence-corrected chi connectivity index (χ0v) is 11.8. The normalized spacial score (nSPS) is 11.8. The van der Waals surface area contributed by atoms with E-state index in [0.29, 0.717) is 19.8 Å². The van der Waals surface area contributed by atoms with Crippen LogP contribution >= 0.6 is 0 Å². The number of nitrogens with zero attached hydrogens (tertiary/aromatic N) is 1. The fourth-order valence-electron chi connectivity index (χ4n) is 1.38. The molecule has 0 fully saturated rings. The molecular formula is C14H24N2O2. The molecule has 1 rings (SSSR count). The highest BCUT2D eigenvalue weighted by molar-refractivity contribution is 5.10. The van der Waals surface area contributed by atoms with Gasteiger partial charge in [0.05, 0.1) is 31.2 Å². The van der Waals surface area contributed by atoms with Gasteiger partial charge in [-0.15, -0.1) is 0 Å². The van der Waals surface area contributed by atoms with E-state index in [9.17, 15) is 0 Å². The molecule has 0 aromatic carbocycles. The minimum Gasteiger partial charge on any atom is -0.382 e. The van der Waals surface area contributed by atoms with Crippen molar-refractivity contribution in [3.05, 3.63) is 29.6 Å². The predicted octanol–water partition coefficient (Wildman–Crippen LogP) is 2.13. The van der Waals surface area contributed by atoms with E-state index in [1.165, 1.54) is 0 Å². The number of nitrogens with one attached hydrogen (secondary N) is 1. The van der Waals surface area contributed by atoms with Gasteiger partial charge in [-0.05, 0) is 32.9 Å². The summed E-state index contributed by atoms with van der Waals surface area (Å²) < 4.78 is 10.4. The topological polar surface area (TPSA) is 43.4 Å². The lowest BCUT2D eigenvalue weighted by Gasteiger charge is -2.20. The third-order valence-electron chi connectivity index (χ3n) is 2.35. The quantitative estimate of drug-likeness (QED) is 0.755. The first-order chi connectivity index (χ1) is 8.51. The maximum absolute atomic E-state index is 5.45. The number of ether oxygens (including phenoxy) is 2. The molecule has 1 heterocycles. The molecule has 0 aliphatic rings. The van der Waals surface area contributed by atoms with Gasteiger partial charge in [-0.1, -0.05) is 6.07 Å². The van der Waals surface area contributed by atoms with Gasteiger partial charge >= 0.3 is 0 Å². The molecule has 0 aliphatic heterocycles. The van der Waals surface area contributed by atoms with Gasteiger partial charge in [-0.25, -0.2) is 0 Å². The molecule has 4 nitrogen and oxygen atoms in total. The van der Waals surface area contributed by atoms with Crippen molar-refractivity contribution in [3.63, 3.8) is 0 Å². The van der Waals surface area contributed by atoms with Gasteiger partial charge in [-0.3, -0.25) is 4.98 Å². The Balaban J connectivity index is 2.41. The molecule has 0 atom stereocenters. The van der Waals surface area contributed by atoms with Gasteiger partial charge < -0.3 is 14.8 Å². The number of rotatable bonds is 7. The zero-order valence-electron chi connectivity index (χ0n) is 11.8. The standard InChI is InChI=1S/C14H24N2O2/c1-14(2,3)15-10-12-6-5-7-13(16-12)11-18-9-8-17-4/h5-7,15H,8-11H2,1-4H3. The van der Waals surface area contributed by atoms with E-state index in [1.54, 1.807) is 7.11 Å². The van der Waals surface area contributed by atoms with Crippen LogP contribution in [0.1, 0.15) is 32.2 Å². The van der Waals surface area contributed by atoms with Crippen LogP contribution in [-0.4, -0.2) is 30.8 Å². The Hall–Kier alpha value is -0.970. The van der Waals surface area contributed by atoms with Gasteiger partial charge in [0, 0.05) is 19.2 Å². The minimum atomic E-state index is 0.104. The van der Waals surface area contributed by atoms with Crippen molar-refractivity contribution in [2.45, 2.75) is 39.5 Å². The van der Waals surface area contributed by atoms with E-state index in [0.717, 1.165) is 17.9 Å². The largest absolute Gasteiger partial charge is 0.382 e. The molecule has 102 valence electrons. The lowest BCUT2D eigenvalue weighted by molar-refractivity contribution is 0.0601. The monoisotopic (exact) mass is 252 g/mol. The Bertz CT molecular complexity index is 348. The number of aromatic nitrogens is 1. The number of pyridine rings is 1. The Morgan fingerprint density at radius 3 is 2.56 bits per heavy atom. The second-order valence-corrected chi connectivity index (χ2v) is 5.27. The summed E-state index contributed by atoms with van der Waals surface area (Å²) in [6.45, 7) is 8.95.